The molecule has 1 aromatic carbocycles. The van der Waals surface area contributed by atoms with Crippen molar-refractivity contribution in [2.24, 2.45) is 11.3 Å². The zero-order valence-corrected chi connectivity index (χ0v) is 14.3. The maximum Gasteiger partial charge on any atom is 0.446 e. The first-order chi connectivity index (χ1) is 11.3. The Kier molecular flexibility index (Phi) is 3.41. The van der Waals surface area contributed by atoms with Crippen molar-refractivity contribution in [3.8, 4) is 5.75 Å². The van der Waals surface area contributed by atoms with Crippen molar-refractivity contribution in [2.45, 2.75) is 44.9 Å². The molecule has 3 atom stereocenters. The summed E-state index contributed by atoms with van der Waals surface area (Å²) in [7, 11) is -4.51. The number of hydrogen-bond donors (Lipinski definition) is 1. The zero-order chi connectivity index (χ0) is 17.1. The largest absolute Gasteiger partial charge is 0.446 e. The van der Waals surface area contributed by atoms with Gasteiger partial charge >= 0.3 is 10.4 Å². The van der Waals surface area contributed by atoms with Crippen LogP contribution in [0.4, 0.5) is 0 Å². The van der Waals surface area contributed by atoms with E-state index in [0.717, 1.165) is 24.8 Å². The highest BCUT2D eigenvalue weighted by atomic mass is 32.3. The second kappa shape index (κ2) is 5.17. The van der Waals surface area contributed by atoms with Crippen molar-refractivity contribution >= 4 is 16.2 Å². The van der Waals surface area contributed by atoms with Crippen LogP contribution < -0.4 is 4.18 Å². The summed E-state index contributed by atoms with van der Waals surface area (Å²) >= 11 is 0. The molecule has 0 amide bonds. The van der Waals surface area contributed by atoms with Crippen LogP contribution in [-0.2, 0) is 21.6 Å². The van der Waals surface area contributed by atoms with Gasteiger partial charge in [0, 0.05) is 17.8 Å². The summed E-state index contributed by atoms with van der Waals surface area (Å²) in [6, 6.07) is 5.17. The van der Waals surface area contributed by atoms with E-state index < -0.39 is 10.4 Å². The molecular weight excluding hydrogens is 328 g/mol. The van der Waals surface area contributed by atoms with Crippen molar-refractivity contribution in [1.82, 2.24) is 0 Å². The van der Waals surface area contributed by atoms with Crippen molar-refractivity contribution in [3.05, 3.63) is 41.0 Å². The van der Waals surface area contributed by atoms with Gasteiger partial charge in [-0.3, -0.25) is 9.35 Å². The van der Waals surface area contributed by atoms with Gasteiger partial charge in [-0.15, -0.1) is 0 Å². The van der Waals surface area contributed by atoms with Crippen LogP contribution in [-0.4, -0.2) is 18.8 Å². The van der Waals surface area contributed by atoms with Gasteiger partial charge in [-0.25, -0.2) is 0 Å². The van der Waals surface area contributed by atoms with Crippen LogP contribution in [0.1, 0.15) is 49.7 Å². The Labute approximate surface area is 141 Å². The van der Waals surface area contributed by atoms with E-state index in [1.807, 2.05) is 6.07 Å². The van der Waals surface area contributed by atoms with Crippen LogP contribution in [0.2, 0.25) is 0 Å². The Morgan fingerprint density at radius 1 is 1.29 bits per heavy atom. The van der Waals surface area contributed by atoms with Gasteiger partial charge in [-0.2, -0.15) is 8.42 Å². The lowest BCUT2D eigenvalue weighted by atomic mass is 9.60. The fourth-order valence-corrected chi connectivity index (χ4v) is 5.24. The van der Waals surface area contributed by atoms with Crippen LogP contribution in [0.3, 0.4) is 0 Å². The fraction of sp³-hybridized carbons (Fsp3) is 0.500. The van der Waals surface area contributed by atoms with E-state index in [1.54, 1.807) is 12.1 Å². The summed E-state index contributed by atoms with van der Waals surface area (Å²) in [4.78, 5) is 12.3. The van der Waals surface area contributed by atoms with Gasteiger partial charge in [0.15, 0.2) is 0 Å². The van der Waals surface area contributed by atoms with Crippen molar-refractivity contribution in [3.63, 3.8) is 0 Å². The first-order valence-corrected chi connectivity index (χ1v) is 9.67. The Morgan fingerprint density at radius 2 is 2.08 bits per heavy atom. The molecule has 0 radical (unpaired) electrons. The molecule has 0 spiro atoms. The highest BCUT2D eigenvalue weighted by molar-refractivity contribution is 7.81. The predicted octanol–water partition coefficient (Wildman–Crippen LogP) is 3.21. The average Bonchev–Trinajstić information content (AvgIpc) is 2.81. The van der Waals surface area contributed by atoms with Crippen LogP contribution in [0.25, 0.3) is 0 Å². The third kappa shape index (κ3) is 2.40. The van der Waals surface area contributed by atoms with Gasteiger partial charge in [0.1, 0.15) is 11.5 Å². The molecule has 4 rings (SSSR count). The maximum absolute atomic E-state index is 12.3. The van der Waals surface area contributed by atoms with E-state index >= 15 is 0 Å². The van der Waals surface area contributed by atoms with Gasteiger partial charge in [0.2, 0.25) is 0 Å². The molecule has 0 aromatic heterocycles. The van der Waals surface area contributed by atoms with Gasteiger partial charge in [-0.05, 0) is 54.9 Å². The van der Waals surface area contributed by atoms with E-state index in [-0.39, 0.29) is 11.2 Å². The molecule has 0 saturated heterocycles. The van der Waals surface area contributed by atoms with Crippen LogP contribution in [0.15, 0.2) is 29.8 Å². The number of benzene rings is 1. The molecule has 24 heavy (non-hydrogen) atoms. The topological polar surface area (TPSA) is 80.7 Å². The number of carbonyl (C=O) groups excluding carboxylic acids is 1. The molecule has 3 aliphatic carbocycles. The van der Waals surface area contributed by atoms with Gasteiger partial charge in [0.05, 0.1) is 0 Å². The summed E-state index contributed by atoms with van der Waals surface area (Å²) in [5.41, 5.74) is 3.40. The van der Waals surface area contributed by atoms with Crippen LogP contribution in [0, 0.1) is 11.3 Å². The number of Topliss-reactive ketones (excluding diaryl/α,β-unsaturated/α-hetero) is 1. The number of fused-ring (bicyclic) bond motifs is 5. The highest BCUT2D eigenvalue weighted by Crippen LogP contribution is 2.57. The van der Waals surface area contributed by atoms with E-state index in [0.29, 0.717) is 30.5 Å². The van der Waals surface area contributed by atoms with Crippen LogP contribution >= 0.6 is 0 Å². The van der Waals surface area contributed by atoms with Crippen LogP contribution in [0.5, 0.6) is 5.75 Å². The monoisotopic (exact) mass is 348 g/mol. The summed E-state index contributed by atoms with van der Waals surface area (Å²) in [6.45, 7) is 2.11. The third-order valence-electron chi connectivity index (χ3n) is 6.07. The zero-order valence-electron chi connectivity index (χ0n) is 13.5. The van der Waals surface area contributed by atoms with Gasteiger partial charge in [0.25, 0.3) is 0 Å². The Balaban J connectivity index is 1.68. The predicted molar refractivity (Wildman–Crippen MR) is 88.2 cm³/mol. The minimum absolute atomic E-state index is 0.129. The quantitative estimate of drug-likeness (QED) is 0.656. The second-order valence-electron chi connectivity index (χ2n) is 7.30. The van der Waals surface area contributed by atoms with Crippen molar-refractivity contribution < 1.29 is 21.9 Å². The molecule has 0 unspecified atom stereocenters. The third-order valence-corrected chi connectivity index (χ3v) is 6.48. The molecule has 0 heterocycles. The van der Waals surface area contributed by atoms with E-state index in [9.17, 15) is 13.2 Å². The van der Waals surface area contributed by atoms with Crippen molar-refractivity contribution in [1.29, 1.82) is 0 Å². The number of allylic oxidation sites excluding steroid dienone is 2. The SMILES string of the molecule is C[C@@]12CC[C@@H]3C(=CCc4cc(OS(=O)(=O)O)ccc43)[C@H]1CCC2=O. The smallest absolute Gasteiger partial charge is 0.362 e. The average molecular weight is 348 g/mol. The summed E-state index contributed by atoms with van der Waals surface area (Å²) in [6.07, 6.45) is 6.38. The number of rotatable bonds is 2. The molecular formula is C18H20O5S. The molecule has 2 fully saturated rings. The maximum atomic E-state index is 12.3. The van der Waals surface area contributed by atoms with Crippen molar-refractivity contribution in [2.75, 3.05) is 0 Å². The normalized spacial score (nSPS) is 31.8. The minimum atomic E-state index is -4.51. The van der Waals surface area contributed by atoms with E-state index in [2.05, 4.69) is 17.2 Å². The number of hydrogen-bond acceptors (Lipinski definition) is 4. The number of carbonyl (C=O) groups is 1. The van der Waals surface area contributed by atoms with Gasteiger partial charge in [-0.1, -0.05) is 24.6 Å². The minimum Gasteiger partial charge on any atom is -0.362 e. The summed E-state index contributed by atoms with van der Waals surface area (Å²) < 4.78 is 35.1. The molecule has 2 saturated carbocycles. The summed E-state index contributed by atoms with van der Waals surface area (Å²) in [5.74, 6) is 1.17. The Morgan fingerprint density at radius 3 is 2.83 bits per heavy atom. The van der Waals surface area contributed by atoms with Gasteiger partial charge < -0.3 is 4.18 Å². The lowest BCUT2D eigenvalue weighted by molar-refractivity contribution is -0.126. The fourth-order valence-electron chi connectivity index (χ4n) is 4.90. The van der Waals surface area contributed by atoms with E-state index in [1.165, 1.54) is 11.1 Å². The molecule has 1 N–H and O–H groups in total. The summed E-state index contributed by atoms with van der Waals surface area (Å²) in [5, 5.41) is 0. The first kappa shape index (κ1) is 15.8. The molecule has 3 aliphatic rings. The Bertz CT molecular complexity index is 854. The second-order valence-corrected chi connectivity index (χ2v) is 8.33. The molecule has 128 valence electrons. The first-order valence-electron chi connectivity index (χ1n) is 8.31. The van der Waals surface area contributed by atoms with E-state index in [4.69, 9.17) is 4.55 Å². The highest BCUT2D eigenvalue weighted by Gasteiger charge is 2.52. The number of ketones is 1. The lowest BCUT2D eigenvalue weighted by Gasteiger charge is -2.43. The molecule has 1 aromatic rings. The Hall–Kier alpha value is -1.66. The molecule has 5 nitrogen and oxygen atoms in total. The molecule has 0 aliphatic heterocycles. The lowest BCUT2D eigenvalue weighted by Crippen LogP contribution is -2.37. The standard InChI is InChI=1S/C18H20O5S/c1-18-9-8-14-13-5-3-12(23-24(20,21)22)10-11(13)2-4-15(14)16(18)6-7-17(18)19/h3-5,10,14,16H,2,6-9H2,1H3,(H,20,21,22)/t14-,16+,18+/m0/s1. The molecule has 0 bridgehead atoms. The molecule has 6 heteroatoms.